The van der Waals surface area contributed by atoms with Crippen molar-refractivity contribution in [2.45, 2.75) is 36.1 Å². The van der Waals surface area contributed by atoms with Gasteiger partial charge in [0.1, 0.15) is 23.1 Å². The highest BCUT2D eigenvalue weighted by atomic mass is 32.2. The van der Waals surface area contributed by atoms with Gasteiger partial charge in [0, 0.05) is 11.9 Å². The van der Waals surface area contributed by atoms with Crippen molar-refractivity contribution in [1.29, 1.82) is 0 Å². The van der Waals surface area contributed by atoms with Crippen LogP contribution in [-0.2, 0) is 18.3 Å². The van der Waals surface area contributed by atoms with Crippen LogP contribution in [0.2, 0.25) is 0 Å². The van der Waals surface area contributed by atoms with Gasteiger partial charge in [-0.1, -0.05) is 31.7 Å². The fourth-order valence-electron chi connectivity index (χ4n) is 1.98. The fraction of sp³-hybridized carbons (Fsp3) is 0.333. The van der Waals surface area contributed by atoms with E-state index in [9.17, 15) is 9.18 Å². The summed E-state index contributed by atoms with van der Waals surface area (Å²) in [5.41, 5.74) is 0.836. The van der Waals surface area contributed by atoms with Gasteiger partial charge in [-0.15, -0.1) is 0 Å². The number of aromatic nitrogens is 2. The van der Waals surface area contributed by atoms with Crippen LogP contribution in [-0.4, -0.2) is 20.6 Å². The minimum Gasteiger partial charge on any atom is -0.481 e. The summed E-state index contributed by atoms with van der Waals surface area (Å²) >= 11 is 1.40. The average Bonchev–Trinajstić information content (AvgIpc) is 2.67. The first-order valence-corrected chi connectivity index (χ1v) is 7.40. The summed E-state index contributed by atoms with van der Waals surface area (Å²) in [5.74, 6) is -0.542. The molecular formula is C15H17FN2O2S. The molecule has 0 fully saturated rings. The first-order chi connectivity index (χ1) is 9.88. The predicted molar refractivity (Wildman–Crippen MR) is 79.2 cm³/mol. The van der Waals surface area contributed by atoms with Crippen LogP contribution < -0.4 is 0 Å². The topological polar surface area (TPSA) is 55.1 Å². The van der Waals surface area contributed by atoms with Crippen molar-refractivity contribution in [2.75, 3.05) is 0 Å². The van der Waals surface area contributed by atoms with Gasteiger partial charge in [0.25, 0.3) is 0 Å². The molecule has 0 aliphatic heterocycles. The van der Waals surface area contributed by atoms with Crippen molar-refractivity contribution in [1.82, 2.24) is 9.55 Å². The molecule has 0 amide bonds. The molecule has 0 saturated heterocycles. The van der Waals surface area contributed by atoms with Gasteiger partial charge in [0.2, 0.25) is 0 Å². The van der Waals surface area contributed by atoms with Crippen LogP contribution in [0.3, 0.4) is 0 Å². The summed E-state index contributed by atoms with van der Waals surface area (Å²) < 4.78 is 15.1. The van der Waals surface area contributed by atoms with Crippen LogP contribution in [0.5, 0.6) is 0 Å². The smallest absolute Gasteiger partial charge is 0.311 e. The van der Waals surface area contributed by atoms with Gasteiger partial charge < -0.3 is 9.67 Å². The summed E-state index contributed by atoms with van der Waals surface area (Å²) in [7, 11) is 1.79. The predicted octanol–water partition coefficient (Wildman–Crippen LogP) is 3.46. The van der Waals surface area contributed by atoms with E-state index < -0.39 is 5.97 Å². The van der Waals surface area contributed by atoms with Gasteiger partial charge in [-0.05, 0) is 24.1 Å². The lowest BCUT2D eigenvalue weighted by Gasteiger charge is -2.08. The molecule has 0 bridgehead atoms. The van der Waals surface area contributed by atoms with Crippen molar-refractivity contribution in [3.63, 3.8) is 0 Å². The molecule has 0 aliphatic rings. The van der Waals surface area contributed by atoms with E-state index in [2.05, 4.69) is 4.98 Å². The number of rotatable bonds is 5. The molecule has 2 aromatic rings. The molecule has 112 valence electrons. The molecule has 0 saturated carbocycles. The number of carboxylic acids is 1. The van der Waals surface area contributed by atoms with Crippen molar-refractivity contribution >= 4 is 17.7 Å². The Labute approximate surface area is 127 Å². The Hall–Kier alpha value is -1.82. The number of aliphatic carboxylic acids is 1. The minimum absolute atomic E-state index is 0.125. The molecule has 1 aromatic heterocycles. The van der Waals surface area contributed by atoms with Crippen LogP contribution in [0.25, 0.3) is 0 Å². The highest BCUT2D eigenvalue weighted by molar-refractivity contribution is 7.99. The van der Waals surface area contributed by atoms with Gasteiger partial charge in [-0.3, -0.25) is 4.79 Å². The Kier molecular flexibility index (Phi) is 4.67. The summed E-state index contributed by atoms with van der Waals surface area (Å²) in [5, 5.41) is 9.80. The number of carbonyl (C=O) groups is 1. The fourth-order valence-corrected chi connectivity index (χ4v) is 3.15. The first kappa shape index (κ1) is 15.6. The molecule has 1 N–H and O–H groups in total. The first-order valence-electron chi connectivity index (χ1n) is 6.59. The molecule has 4 nitrogen and oxygen atoms in total. The molecular weight excluding hydrogens is 291 g/mol. The normalized spacial score (nSPS) is 11.1. The zero-order valence-corrected chi connectivity index (χ0v) is 12.9. The van der Waals surface area contributed by atoms with Crippen molar-refractivity contribution in [3.05, 3.63) is 41.6 Å². The lowest BCUT2D eigenvalue weighted by molar-refractivity contribution is -0.136. The van der Waals surface area contributed by atoms with E-state index in [4.69, 9.17) is 5.11 Å². The molecule has 0 spiro atoms. The van der Waals surface area contributed by atoms with Crippen molar-refractivity contribution in [3.8, 4) is 0 Å². The molecule has 0 aliphatic carbocycles. The summed E-state index contributed by atoms with van der Waals surface area (Å²) in [6.45, 7) is 4.00. The lowest BCUT2D eigenvalue weighted by Crippen LogP contribution is -2.06. The SMILES string of the molecule is CC(C)c1nc(CC(=O)O)n(C)c1Sc1cccc(F)c1. The number of halogens is 1. The van der Waals surface area contributed by atoms with E-state index in [0.29, 0.717) is 5.82 Å². The molecule has 2 rings (SSSR count). The van der Waals surface area contributed by atoms with E-state index in [-0.39, 0.29) is 18.2 Å². The van der Waals surface area contributed by atoms with E-state index in [1.165, 1.54) is 23.9 Å². The summed E-state index contributed by atoms with van der Waals surface area (Å²) in [6, 6.07) is 6.33. The van der Waals surface area contributed by atoms with Gasteiger partial charge in [-0.2, -0.15) is 0 Å². The third-order valence-electron chi connectivity index (χ3n) is 3.03. The Bertz CT molecular complexity index is 668. The van der Waals surface area contributed by atoms with E-state index in [1.54, 1.807) is 17.7 Å². The molecule has 0 unspecified atom stereocenters. The Balaban J connectivity index is 2.41. The van der Waals surface area contributed by atoms with Gasteiger partial charge >= 0.3 is 5.97 Å². The van der Waals surface area contributed by atoms with Gasteiger partial charge in [0.05, 0.1) is 5.69 Å². The van der Waals surface area contributed by atoms with E-state index in [1.807, 2.05) is 19.9 Å². The minimum atomic E-state index is -0.916. The Morgan fingerprint density at radius 1 is 1.48 bits per heavy atom. The van der Waals surface area contributed by atoms with Crippen molar-refractivity contribution < 1.29 is 14.3 Å². The average molecular weight is 308 g/mol. The number of imidazole rings is 1. The standard InChI is InChI=1S/C15H17FN2O2S/c1-9(2)14-15(18(3)12(17-14)8-13(19)20)21-11-6-4-5-10(16)7-11/h4-7,9H,8H2,1-3H3,(H,19,20). The number of hydrogen-bond donors (Lipinski definition) is 1. The zero-order valence-electron chi connectivity index (χ0n) is 12.1. The molecule has 1 heterocycles. The van der Waals surface area contributed by atoms with Gasteiger partial charge in [0.15, 0.2) is 0 Å². The highest BCUT2D eigenvalue weighted by Crippen LogP contribution is 2.34. The second-order valence-electron chi connectivity index (χ2n) is 5.06. The number of nitrogens with zero attached hydrogens (tertiary/aromatic N) is 2. The van der Waals surface area contributed by atoms with Crippen LogP contribution >= 0.6 is 11.8 Å². The third kappa shape index (κ3) is 3.64. The monoisotopic (exact) mass is 308 g/mol. The maximum absolute atomic E-state index is 13.3. The zero-order chi connectivity index (χ0) is 15.6. The number of carboxylic acid groups (broad SMARTS) is 1. The van der Waals surface area contributed by atoms with E-state index >= 15 is 0 Å². The molecule has 1 aromatic carbocycles. The van der Waals surface area contributed by atoms with Crippen LogP contribution in [0.15, 0.2) is 34.2 Å². The van der Waals surface area contributed by atoms with Crippen LogP contribution in [0.4, 0.5) is 4.39 Å². The van der Waals surface area contributed by atoms with Crippen LogP contribution in [0.1, 0.15) is 31.3 Å². The second kappa shape index (κ2) is 6.30. The summed E-state index contributed by atoms with van der Waals surface area (Å²) in [4.78, 5) is 16.1. The van der Waals surface area contributed by atoms with Gasteiger partial charge in [-0.25, -0.2) is 9.37 Å². The number of hydrogen-bond acceptors (Lipinski definition) is 3. The third-order valence-corrected chi connectivity index (χ3v) is 4.19. The second-order valence-corrected chi connectivity index (χ2v) is 6.12. The maximum atomic E-state index is 13.3. The Morgan fingerprint density at radius 2 is 2.19 bits per heavy atom. The molecule has 0 atom stereocenters. The number of benzene rings is 1. The molecule has 21 heavy (non-hydrogen) atoms. The maximum Gasteiger partial charge on any atom is 0.311 e. The quantitative estimate of drug-likeness (QED) is 0.919. The molecule has 0 radical (unpaired) electrons. The lowest BCUT2D eigenvalue weighted by atomic mass is 10.1. The summed E-state index contributed by atoms with van der Waals surface area (Å²) in [6.07, 6.45) is -0.125. The van der Waals surface area contributed by atoms with Crippen molar-refractivity contribution in [2.24, 2.45) is 7.05 Å². The van der Waals surface area contributed by atoms with Crippen LogP contribution in [0, 0.1) is 5.82 Å². The van der Waals surface area contributed by atoms with E-state index in [0.717, 1.165) is 15.6 Å². The highest BCUT2D eigenvalue weighted by Gasteiger charge is 2.19. The largest absolute Gasteiger partial charge is 0.481 e. The molecule has 6 heteroatoms. The Morgan fingerprint density at radius 3 is 2.76 bits per heavy atom.